The fraction of sp³-hybridized carbons (Fsp3) is 0.938. The third-order valence-electron chi connectivity index (χ3n) is 4.64. The molecular formula is C16H31ClN2O. The van der Waals surface area contributed by atoms with Gasteiger partial charge in [-0.2, -0.15) is 0 Å². The fourth-order valence-electron chi connectivity index (χ4n) is 3.31. The average Bonchev–Trinajstić information content (AvgIpc) is 3.12. The van der Waals surface area contributed by atoms with Crippen molar-refractivity contribution < 1.29 is 4.79 Å². The molecule has 118 valence electrons. The minimum absolute atomic E-state index is 0. The Morgan fingerprint density at radius 2 is 1.75 bits per heavy atom. The molecule has 0 bridgehead atoms. The molecule has 2 rings (SSSR count). The summed E-state index contributed by atoms with van der Waals surface area (Å²) in [4.78, 5) is 12.0. The average molecular weight is 303 g/mol. The minimum Gasteiger partial charge on any atom is -0.352 e. The van der Waals surface area contributed by atoms with Gasteiger partial charge < -0.3 is 10.6 Å². The highest BCUT2D eigenvalue weighted by molar-refractivity contribution is 5.85. The highest BCUT2D eigenvalue weighted by Gasteiger charge is 2.34. The van der Waals surface area contributed by atoms with Gasteiger partial charge in [0.2, 0.25) is 5.91 Å². The minimum atomic E-state index is 0. The van der Waals surface area contributed by atoms with Gasteiger partial charge in [0.25, 0.3) is 0 Å². The largest absolute Gasteiger partial charge is 0.352 e. The summed E-state index contributed by atoms with van der Waals surface area (Å²) in [5.74, 6) is 1.64. The first-order valence-corrected chi connectivity index (χ1v) is 7.97. The van der Waals surface area contributed by atoms with Gasteiger partial charge >= 0.3 is 0 Å². The van der Waals surface area contributed by atoms with E-state index in [1.54, 1.807) is 0 Å². The Bertz CT molecular complexity index is 310. The Hall–Kier alpha value is -0.280. The molecule has 3 nitrogen and oxygen atoms in total. The summed E-state index contributed by atoms with van der Waals surface area (Å²) in [6.07, 6.45) is 7.65. The van der Waals surface area contributed by atoms with Crippen LogP contribution in [0.3, 0.4) is 0 Å². The SMILES string of the molecule is CC(C)(C)C1CCCCC1NC(=O)CNCC1CC1.Cl. The third kappa shape index (κ3) is 5.61. The first-order chi connectivity index (χ1) is 8.97. The smallest absolute Gasteiger partial charge is 0.234 e. The summed E-state index contributed by atoms with van der Waals surface area (Å²) < 4.78 is 0. The maximum absolute atomic E-state index is 12.0. The molecule has 4 heteroatoms. The second kappa shape index (κ2) is 7.65. The number of nitrogens with one attached hydrogen (secondary N) is 2. The van der Waals surface area contributed by atoms with Crippen molar-refractivity contribution in [3.05, 3.63) is 0 Å². The molecule has 0 spiro atoms. The van der Waals surface area contributed by atoms with Crippen LogP contribution < -0.4 is 10.6 Å². The Kier molecular flexibility index (Phi) is 6.80. The van der Waals surface area contributed by atoms with E-state index in [0.29, 0.717) is 23.9 Å². The molecule has 0 heterocycles. The summed E-state index contributed by atoms with van der Waals surface area (Å²) in [6.45, 7) is 8.40. The third-order valence-corrected chi connectivity index (χ3v) is 4.64. The molecule has 2 N–H and O–H groups in total. The van der Waals surface area contributed by atoms with Crippen molar-refractivity contribution in [3.63, 3.8) is 0 Å². The predicted octanol–water partition coefficient (Wildman–Crippen LogP) is 3.13. The van der Waals surface area contributed by atoms with Crippen molar-refractivity contribution in [2.45, 2.75) is 65.3 Å². The number of amides is 1. The molecule has 0 radical (unpaired) electrons. The second-order valence-corrected chi connectivity index (χ2v) is 7.51. The number of carbonyl (C=O) groups is 1. The van der Waals surface area contributed by atoms with E-state index >= 15 is 0 Å². The molecule has 2 unspecified atom stereocenters. The summed E-state index contributed by atoms with van der Waals surface area (Å²) in [7, 11) is 0. The lowest BCUT2D eigenvalue weighted by Crippen LogP contribution is -2.49. The van der Waals surface area contributed by atoms with Crippen LogP contribution in [0.1, 0.15) is 59.3 Å². The molecule has 2 saturated carbocycles. The molecule has 2 aliphatic carbocycles. The molecule has 20 heavy (non-hydrogen) atoms. The topological polar surface area (TPSA) is 41.1 Å². The van der Waals surface area contributed by atoms with Gasteiger partial charge in [-0.1, -0.05) is 33.6 Å². The van der Waals surface area contributed by atoms with Gasteiger partial charge in [-0.25, -0.2) is 0 Å². The van der Waals surface area contributed by atoms with Gasteiger partial charge in [0.1, 0.15) is 0 Å². The normalized spacial score (nSPS) is 26.8. The van der Waals surface area contributed by atoms with Gasteiger partial charge in [-0.15, -0.1) is 12.4 Å². The zero-order valence-corrected chi connectivity index (χ0v) is 14.0. The molecule has 0 saturated heterocycles. The van der Waals surface area contributed by atoms with Gasteiger partial charge in [0, 0.05) is 6.04 Å². The van der Waals surface area contributed by atoms with E-state index in [1.165, 1.54) is 32.1 Å². The first kappa shape index (κ1) is 17.8. The van der Waals surface area contributed by atoms with Crippen molar-refractivity contribution >= 4 is 18.3 Å². The molecule has 1 amide bonds. The molecule has 0 aliphatic heterocycles. The zero-order valence-electron chi connectivity index (χ0n) is 13.2. The Labute approximate surface area is 130 Å². The Balaban J connectivity index is 0.00000200. The Morgan fingerprint density at radius 1 is 1.10 bits per heavy atom. The van der Waals surface area contributed by atoms with E-state index in [9.17, 15) is 4.79 Å². The summed E-state index contributed by atoms with van der Waals surface area (Å²) in [6, 6.07) is 0.379. The predicted molar refractivity (Wildman–Crippen MR) is 86.2 cm³/mol. The van der Waals surface area contributed by atoms with Crippen LogP contribution in [-0.2, 0) is 4.79 Å². The van der Waals surface area contributed by atoms with E-state index in [1.807, 2.05) is 0 Å². The van der Waals surface area contributed by atoms with Gasteiger partial charge in [-0.3, -0.25) is 4.79 Å². The van der Waals surface area contributed by atoms with Crippen LogP contribution in [0.25, 0.3) is 0 Å². The summed E-state index contributed by atoms with van der Waals surface area (Å²) >= 11 is 0. The van der Waals surface area contributed by atoms with Crippen LogP contribution in [0, 0.1) is 17.3 Å². The van der Waals surface area contributed by atoms with Crippen LogP contribution >= 0.6 is 12.4 Å². The molecule has 2 aliphatic rings. The van der Waals surface area contributed by atoms with Crippen molar-refractivity contribution in [1.29, 1.82) is 0 Å². The zero-order chi connectivity index (χ0) is 13.9. The van der Waals surface area contributed by atoms with E-state index in [-0.39, 0.29) is 18.3 Å². The molecule has 0 aromatic carbocycles. The number of hydrogen-bond donors (Lipinski definition) is 2. The maximum atomic E-state index is 12.0. The van der Waals surface area contributed by atoms with Crippen LogP contribution in [0.4, 0.5) is 0 Å². The number of halogens is 1. The molecule has 0 aromatic rings. The van der Waals surface area contributed by atoms with E-state index in [0.717, 1.165) is 18.9 Å². The van der Waals surface area contributed by atoms with E-state index in [4.69, 9.17) is 0 Å². The highest BCUT2D eigenvalue weighted by Crippen LogP contribution is 2.37. The lowest BCUT2D eigenvalue weighted by molar-refractivity contribution is -0.121. The van der Waals surface area contributed by atoms with Crippen molar-refractivity contribution in [2.75, 3.05) is 13.1 Å². The number of carbonyl (C=O) groups excluding carboxylic acids is 1. The van der Waals surface area contributed by atoms with Gasteiger partial charge in [0.05, 0.1) is 6.54 Å². The summed E-state index contributed by atoms with van der Waals surface area (Å²) in [5, 5.41) is 6.55. The lowest BCUT2D eigenvalue weighted by Gasteiger charge is -2.40. The Morgan fingerprint density at radius 3 is 2.35 bits per heavy atom. The lowest BCUT2D eigenvalue weighted by atomic mass is 9.69. The molecule has 0 aromatic heterocycles. The molecule has 2 atom stereocenters. The van der Waals surface area contributed by atoms with Gasteiger partial charge in [-0.05, 0) is 49.5 Å². The van der Waals surface area contributed by atoms with E-state index in [2.05, 4.69) is 31.4 Å². The monoisotopic (exact) mass is 302 g/mol. The second-order valence-electron chi connectivity index (χ2n) is 7.51. The quantitative estimate of drug-likeness (QED) is 0.819. The van der Waals surface area contributed by atoms with Crippen LogP contribution in [0.15, 0.2) is 0 Å². The standard InChI is InChI=1S/C16H30N2O.ClH/c1-16(2,3)13-6-4-5-7-14(13)18-15(19)11-17-10-12-8-9-12;/h12-14,17H,4-11H2,1-3H3,(H,18,19);1H. The van der Waals surface area contributed by atoms with Crippen molar-refractivity contribution in [1.82, 2.24) is 10.6 Å². The van der Waals surface area contributed by atoms with Gasteiger partial charge in [0.15, 0.2) is 0 Å². The van der Waals surface area contributed by atoms with Crippen molar-refractivity contribution in [3.8, 4) is 0 Å². The van der Waals surface area contributed by atoms with Crippen LogP contribution in [-0.4, -0.2) is 25.0 Å². The molecular weight excluding hydrogens is 272 g/mol. The van der Waals surface area contributed by atoms with E-state index < -0.39 is 0 Å². The number of hydrogen-bond acceptors (Lipinski definition) is 2. The first-order valence-electron chi connectivity index (χ1n) is 7.97. The summed E-state index contributed by atoms with van der Waals surface area (Å²) in [5.41, 5.74) is 0.291. The fourth-order valence-corrected chi connectivity index (χ4v) is 3.31. The molecule has 2 fully saturated rings. The maximum Gasteiger partial charge on any atom is 0.234 e. The van der Waals surface area contributed by atoms with Crippen LogP contribution in [0.5, 0.6) is 0 Å². The van der Waals surface area contributed by atoms with Crippen LogP contribution in [0.2, 0.25) is 0 Å². The van der Waals surface area contributed by atoms with Crippen molar-refractivity contribution in [2.24, 2.45) is 17.3 Å². The number of rotatable bonds is 5. The highest BCUT2D eigenvalue weighted by atomic mass is 35.5.